The minimum Gasteiger partial charge on any atom is -0.395 e. The quantitative estimate of drug-likeness (QED) is 0.228. The maximum absolute atomic E-state index is 12.5. The number of aliphatic hydroxyl groups excluding tert-OH is 4. The van der Waals surface area contributed by atoms with Crippen LogP contribution in [-0.2, 0) is 4.79 Å². The number of amides is 1. The number of carbonyl (C=O) groups is 1. The molecule has 0 bridgehead atoms. The van der Waals surface area contributed by atoms with Gasteiger partial charge in [0.1, 0.15) is 6.10 Å². The molecular weight excluding hydrogens is 370 g/mol. The monoisotopic (exact) mass is 417 g/mol. The molecule has 0 heterocycles. The second kappa shape index (κ2) is 19.3. The van der Waals surface area contributed by atoms with Gasteiger partial charge in [0, 0.05) is 13.1 Å². The van der Waals surface area contributed by atoms with Crippen LogP contribution in [0.3, 0.4) is 0 Å². The van der Waals surface area contributed by atoms with Gasteiger partial charge in [-0.25, -0.2) is 0 Å². The number of unbranched alkanes of at least 4 members (excludes halogenated alkanes) is 10. The van der Waals surface area contributed by atoms with Crippen molar-refractivity contribution >= 4 is 5.91 Å². The van der Waals surface area contributed by atoms with E-state index in [1.165, 1.54) is 43.4 Å². The Labute approximate surface area is 178 Å². The van der Waals surface area contributed by atoms with Crippen molar-refractivity contribution in [2.24, 2.45) is 0 Å². The summed E-state index contributed by atoms with van der Waals surface area (Å²) in [4.78, 5) is 13.8. The zero-order valence-corrected chi connectivity index (χ0v) is 18.9. The second-order valence-corrected chi connectivity index (χ2v) is 8.27. The van der Waals surface area contributed by atoms with Crippen molar-refractivity contribution in [1.29, 1.82) is 0 Å². The SMILES string of the molecule is CCCCCCCCC(O)C(=O)N(CCO)CC(O)C(O)CCCCCCCC. The average Bonchev–Trinajstić information content (AvgIpc) is 2.71. The standard InChI is InChI=1S/C23H47NO5/c1-3-5-7-9-11-13-15-20(26)22(28)19-24(17-18-25)23(29)21(27)16-14-12-10-8-6-4-2/h20-22,25-28H,3-19H2,1-2H3. The van der Waals surface area contributed by atoms with Gasteiger partial charge < -0.3 is 25.3 Å². The Morgan fingerprint density at radius 1 is 0.724 bits per heavy atom. The first-order valence-corrected chi connectivity index (χ1v) is 11.9. The van der Waals surface area contributed by atoms with Crippen LogP contribution in [0.15, 0.2) is 0 Å². The van der Waals surface area contributed by atoms with Crippen molar-refractivity contribution in [1.82, 2.24) is 4.90 Å². The maximum Gasteiger partial charge on any atom is 0.251 e. The summed E-state index contributed by atoms with van der Waals surface area (Å²) in [5.41, 5.74) is 0. The topological polar surface area (TPSA) is 101 Å². The number of hydrogen-bond acceptors (Lipinski definition) is 5. The molecule has 0 saturated carbocycles. The van der Waals surface area contributed by atoms with Gasteiger partial charge in [0.25, 0.3) is 5.91 Å². The molecule has 6 heteroatoms. The summed E-state index contributed by atoms with van der Waals surface area (Å²) in [6.45, 7) is 4.08. The molecule has 29 heavy (non-hydrogen) atoms. The summed E-state index contributed by atoms with van der Waals surface area (Å²) in [5, 5.41) is 39.9. The highest BCUT2D eigenvalue weighted by Crippen LogP contribution is 2.13. The fourth-order valence-electron chi connectivity index (χ4n) is 3.54. The summed E-state index contributed by atoms with van der Waals surface area (Å²) in [7, 11) is 0. The Morgan fingerprint density at radius 3 is 1.72 bits per heavy atom. The van der Waals surface area contributed by atoms with Crippen LogP contribution in [0.1, 0.15) is 104 Å². The van der Waals surface area contributed by atoms with E-state index >= 15 is 0 Å². The van der Waals surface area contributed by atoms with Crippen LogP contribution in [0.2, 0.25) is 0 Å². The van der Waals surface area contributed by atoms with E-state index in [0.29, 0.717) is 12.8 Å². The Hall–Kier alpha value is -0.690. The van der Waals surface area contributed by atoms with E-state index in [9.17, 15) is 25.2 Å². The lowest BCUT2D eigenvalue weighted by Crippen LogP contribution is -2.47. The lowest BCUT2D eigenvalue weighted by molar-refractivity contribution is -0.143. The Bertz CT molecular complexity index is 380. The van der Waals surface area contributed by atoms with Gasteiger partial charge in [0.2, 0.25) is 0 Å². The lowest BCUT2D eigenvalue weighted by atomic mass is 10.0. The van der Waals surface area contributed by atoms with E-state index in [-0.39, 0.29) is 19.7 Å². The van der Waals surface area contributed by atoms with Crippen LogP contribution in [-0.4, -0.2) is 69.2 Å². The third kappa shape index (κ3) is 14.9. The van der Waals surface area contributed by atoms with Crippen LogP contribution in [0.5, 0.6) is 0 Å². The predicted octanol–water partition coefficient (Wildman–Crippen LogP) is 3.39. The molecule has 6 nitrogen and oxygen atoms in total. The largest absolute Gasteiger partial charge is 0.395 e. The van der Waals surface area contributed by atoms with Crippen LogP contribution in [0.25, 0.3) is 0 Å². The maximum atomic E-state index is 12.5. The van der Waals surface area contributed by atoms with Gasteiger partial charge >= 0.3 is 0 Å². The summed E-state index contributed by atoms with van der Waals surface area (Å²) in [6.07, 6.45) is 10.9. The highest BCUT2D eigenvalue weighted by Gasteiger charge is 2.26. The van der Waals surface area contributed by atoms with Gasteiger partial charge in [-0.1, -0.05) is 90.9 Å². The highest BCUT2D eigenvalue weighted by atomic mass is 16.3. The van der Waals surface area contributed by atoms with Gasteiger partial charge in [-0.05, 0) is 12.8 Å². The van der Waals surface area contributed by atoms with E-state index in [4.69, 9.17) is 0 Å². The van der Waals surface area contributed by atoms with Crippen LogP contribution in [0.4, 0.5) is 0 Å². The molecule has 0 saturated heterocycles. The van der Waals surface area contributed by atoms with Crippen LogP contribution < -0.4 is 0 Å². The van der Waals surface area contributed by atoms with Crippen molar-refractivity contribution in [2.45, 2.75) is 122 Å². The molecule has 0 aliphatic heterocycles. The van der Waals surface area contributed by atoms with Gasteiger partial charge in [-0.2, -0.15) is 0 Å². The first kappa shape index (κ1) is 28.3. The number of hydrogen-bond donors (Lipinski definition) is 4. The molecule has 0 aromatic carbocycles. The third-order valence-electron chi connectivity index (χ3n) is 5.50. The first-order chi connectivity index (χ1) is 14.0. The molecule has 0 radical (unpaired) electrons. The molecule has 0 fully saturated rings. The van der Waals surface area contributed by atoms with Gasteiger partial charge in [0.05, 0.1) is 18.8 Å². The molecule has 0 spiro atoms. The smallest absolute Gasteiger partial charge is 0.251 e. The summed E-state index contributed by atoms with van der Waals surface area (Å²) in [6, 6.07) is 0. The molecule has 3 unspecified atom stereocenters. The highest BCUT2D eigenvalue weighted by molar-refractivity contribution is 5.80. The Morgan fingerprint density at radius 2 is 1.21 bits per heavy atom. The second-order valence-electron chi connectivity index (χ2n) is 8.27. The molecule has 4 N–H and O–H groups in total. The van der Waals surface area contributed by atoms with Crippen molar-refractivity contribution in [2.75, 3.05) is 19.7 Å². The fraction of sp³-hybridized carbons (Fsp3) is 0.957. The summed E-state index contributed by atoms with van der Waals surface area (Å²) in [5.74, 6) is -0.474. The fourth-order valence-corrected chi connectivity index (χ4v) is 3.54. The van der Waals surface area contributed by atoms with E-state index in [0.717, 1.165) is 38.5 Å². The number of nitrogens with zero attached hydrogens (tertiary/aromatic N) is 1. The van der Waals surface area contributed by atoms with Crippen molar-refractivity contribution in [3.63, 3.8) is 0 Å². The molecule has 0 aliphatic carbocycles. The number of rotatable bonds is 20. The van der Waals surface area contributed by atoms with Crippen molar-refractivity contribution in [3.05, 3.63) is 0 Å². The number of aliphatic hydroxyl groups is 4. The minimum atomic E-state index is -1.12. The average molecular weight is 418 g/mol. The van der Waals surface area contributed by atoms with Gasteiger partial charge in [-0.3, -0.25) is 4.79 Å². The molecular formula is C23H47NO5. The summed E-state index contributed by atoms with van der Waals surface area (Å²) < 4.78 is 0. The lowest BCUT2D eigenvalue weighted by Gasteiger charge is -2.28. The normalized spacial score (nSPS) is 14.6. The van der Waals surface area contributed by atoms with Gasteiger partial charge in [-0.15, -0.1) is 0 Å². The molecule has 3 atom stereocenters. The first-order valence-electron chi connectivity index (χ1n) is 11.9. The Balaban J connectivity index is 4.25. The molecule has 174 valence electrons. The molecule has 0 aliphatic rings. The third-order valence-corrected chi connectivity index (χ3v) is 5.50. The summed E-state index contributed by atoms with van der Waals surface area (Å²) >= 11 is 0. The predicted molar refractivity (Wildman–Crippen MR) is 118 cm³/mol. The van der Waals surface area contributed by atoms with Crippen LogP contribution in [0, 0.1) is 0 Å². The van der Waals surface area contributed by atoms with Crippen molar-refractivity contribution < 1.29 is 25.2 Å². The van der Waals surface area contributed by atoms with E-state index in [2.05, 4.69) is 13.8 Å². The zero-order valence-electron chi connectivity index (χ0n) is 18.9. The Kier molecular flexibility index (Phi) is 18.8. The van der Waals surface area contributed by atoms with E-state index < -0.39 is 24.2 Å². The molecule has 1 amide bonds. The minimum absolute atomic E-state index is 0.0488. The molecule has 0 aromatic heterocycles. The van der Waals surface area contributed by atoms with Gasteiger partial charge in [0.15, 0.2) is 0 Å². The van der Waals surface area contributed by atoms with E-state index in [1.54, 1.807) is 0 Å². The van der Waals surface area contributed by atoms with E-state index in [1.807, 2.05) is 0 Å². The molecule has 0 rings (SSSR count). The van der Waals surface area contributed by atoms with Crippen molar-refractivity contribution in [3.8, 4) is 0 Å². The van der Waals surface area contributed by atoms with Crippen LogP contribution >= 0.6 is 0 Å². The zero-order chi connectivity index (χ0) is 21.9. The number of carbonyl (C=O) groups excluding carboxylic acids is 1. The molecule has 0 aromatic rings.